The fourth-order valence-electron chi connectivity index (χ4n) is 2.94. The van der Waals surface area contributed by atoms with Gasteiger partial charge in [-0.1, -0.05) is 36.9 Å². The molecular formula is C19H19ClN2O3. The number of rotatable bonds is 4. The molecule has 2 heterocycles. The summed E-state index contributed by atoms with van der Waals surface area (Å²) in [6.07, 6.45) is 1.75. The van der Waals surface area contributed by atoms with Crippen LogP contribution in [0.25, 0.3) is 0 Å². The summed E-state index contributed by atoms with van der Waals surface area (Å²) in [7, 11) is 1.50. The monoisotopic (exact) mass is 358 g/mol. The summed E-state index contributed by atoms with van der Waals surface area (Å²) in [5.74, 6) is 0.00380. The zero-order valence-corrected chi connectivity index (χ0v) is 14.7. The Labute approximate surface area is 151 Å². The lowest BCUT2D eigenvalue weighted by atomic mass is 9.98. The van der Waals surface area contributed by atoms with E-state index in [4.69, 9.17) is 16.3 Å². The molecule has 0 aromatic heterocycles. The lowest BCUT2D eigenvalue weighted by Gasteiger charge is -2.38. The van der Waals surface area contributed by atoms with Crippen LogP contribution < -0.4 is 0 Å². The molecule has 0 aliphatic carbocycles. The second kappa shape index (κ2) is 6.69. The van der Waals surface area contributed by atoms with E-state index in [9.17, 15) is 9.90 Å². The van der Waals surface area contributed by atoms with Crippen LogP contribution in [-0.4, -0.2) is 41.0 Å². The third-order valence-electron chi connectivity index (χ3n) is 4.32. The van der Waals surface area contributed by atoms with Crippen LogP contribution in [-0.2, 0) is 16.1 Å². The quantitative estimate of drug-likeness (QED) is 0.838. The molecule has 0 radical (unpaired) electrons. The van der Waals surface area contributed by atoms with E-state index in [0.717, 1.165) is 5.56 Å². The highest BCUT2D eigenvalue weighted by atomic mass is 35.5. The minimum Gasteiger partial charge on any atom is -0.505 e. The number of piperazine rings is 1. The number of aliphatic hydroxyl groups excluding tert-OH is 1. The Balaban J connectivity index is 1.86. The molecule has 1 aromatic rings. The third-order valence-corrected chi connectivity index (χ3v) is 4.55. The van der Waals surface area contributed by atoms with Gasteiger partial charge in [0.15, 0.2) is 5.76 Å². The molecule has 1 N–H and O–H groups in total. The van der Waals surface area contributed by atoms with E-state index < -0.39 is 0 Å². The van der Waals surface area contributed by atoms with Crippen LogP contribution >= 0.6 is 11.6 Å². The number of benzene rings is 1. The van der Waals surface area contributed by atoms with Crippen molar-refractivity contribution in [2.24, 2.45) is 0 Å². The number of aliphatic hydroxyl groups is 1. The number of methoxy groups -OCH3 is 1. The van der Waals surface area contributed by atoms with Crippen molar-refractivity contribution in [2.45, 2.75) is 6.54 Å². The second-order valence-electron chi connectivity index (χ2n) is 5.90. The highest BCUT2D eigenvalue weighted by Crippen LogP contribution is 2.34. The summed E-state index contributed by atoms with van der Waals surface area (Å²) < 4.78 is 5.13. The van der Waals surface area contributed by atoms with Crippen LogP contribution in [0.5, 0.6) is 0 Å². The van der Waals surface area contributed by atoms with Crippen LogP contribution in [0.2, 0.25) is 5.02 Å². The largest absolute Gasteiger partial charge is 0.505 e. The molecule has 1 amide bonds. The number of hydrogen-bond acceptors (Lipinski definition) is 4. The smallest absolute Gasteiger partial charge is 0.274 e. The fourth-order valence-corrected chi connectivity index (χ4v) is 3.15. The first-order valence-electron chi connectivity index (χ1n) is 7.80. The van der Waals surface area contributed by atoms with Crippen molar-refractivity contribution < 1.29 is 14.6 Å². The highest BCUT2D eigenvalue weighted by Gasteiger charge is 2.36. The lowest BCUT2D eigenvalue weighted by Crippen LogP contribution is -2.48. The van der Waals surface area contributed by atoms with Gasteiger partial charge in [-0.05, 0) is 17.7 Å². The minimum atomic E-state index is -0.247. The standard InChI is InChI=1S/C19H19ClN2O3/c1-12-16(13(2)25-3)11-21-7-8-22(19(24)17(21)18(12)23)10-14-5-4-6-15(20)9-14/h4-6,9,11,23H,1-2,7-8,10H2,3H3. The third kappa shape index (κ3) is 3.15. The highest BCUT2D eigenvalue weighted by molar-refractivity contribution is 6.30. The van der Waals surface area contributed by atoms with Gasteiger partial charge in [0.05, 0.1) is 7.11 Å². The number of ether oxygens (including phenoxy) is 1. The summed E-state index contributed by atoms with van der Waals surface area (Å²) in [6, 6.07) is 7.39. The van der Waals surface area contributed by atoms with Crippen molar-refractivity contribution in [3.8, 4) is 0 Å². The van der Waals surface area contributed by atoms with Crippen LogP contribution in [0.15, 0.2) is 72.0 Å². The molecule has 6 heteroatoms. The molecule has 2 aliphatic heterocycles. The molecule has 5 nitrogen and oxygen atoms in total. The summed E-state index contributed by atoms with van der Waals surface area (Å²) in [4.78, 5) is 16.3. The van der Waals surface area contributed by atoms with Gasteiger partial charge in [0.1, 0.15) is 11.5 Å². The fraction of sp³-hybridized carbons (Fsp3) is 0.211. The number of amides is 1. The van der Waals surface area contributed by atoms with Crippen LogP contribution in [0.1, 0.15) is 5.56 Å². The summed E-state index contributed by atoms with van der Waals surface area (Å²) in [5.41, 5.74) is 2.08. The molecule has 1 fully saturated rings. The van der Waals surface area contributed by atoms with Crippen molar-refractivity contribution in [1.29, 1.82) is 0 Å². The maximum absolute atomic E-state index is 12.9. The van der Waals surface area contributed by atoms with E-state index in [0.29, 0.717) is 41.6 Å². The zero-order valence-electron chi connectivity index (χ0n) is 14.0. The van der Waals surface area contributed by atoms with E-state index in [1.807, 2.05) is 18.2 Å². The Morgan fingerprint density at radius 1 is 1.40 bits per heavy atom. The number of nitrogens with zero attached hydrogens (tertiary/aromatic N) is 2. The number of carbonyl (C=O) groups is 1. The lowest BCUT2D eigenvalue weighted by molar-refractivity contribution is -0.131. The number of fused-ring (bicyclic) bond motifs is 1. The van der Waals surface area contributed by atoms with Gasteiger partial charge >= 0.3 is 0 Å². The Morgan fingerprint density at radius 3 is 2.84 bits per heavy atom. The van der Waals surface area contributed by atoms with E-state index >= 15 is 0 Å². The molecular weight excluding hydrogens is 340 g/mol. The molecule has 25 heavy (non-hydrogen) atoms. The van der Waals surface area contributed by atoms with Crippen molar-refractivity contribution in [2.75, 3.05) is 20.2 Å². The molecule has 1 saturated heterocycles. The SMILES string of the molecule is C=C(OC)C1=CN2CCN(Cc3cccc(Cl)c3)C(=O)C2=C(O)C1=C. The van der Waals surface area contributed by atoms with Crippen LogP contribution in [0, 0.1) is 0 Å². The minimum absolute atomic E-state index is 0.142. The van der Waals surface area contributed by atoms with Gasteiger partial charge in [-0.15, -0.1) is 0 Å². The van der Waals surface area contributed by atoms with Gasteiger partial charge in [0, 0.05) is 42.0 Å². The maximum Gasteiger partial charge on any atom is 0.274 e. The van der Waals surface area contributed by atoms with E-state index in [2.05, 4.69) is 13.2 Å². The summed E-state index contributed by atoms with van der Waals surface area (Å²) in [5, 5.41) is 11.1. The number of carbonyl (C=O) groups excluding carboxylic acids is 1. The van der Waals surface area contributed by atoms with E-state index in [1.165, 1.54) is 7.11 Å². The average Bonchev–Trinajstić information content (AvgIpc) is 2.59. The molecule has 2 aliphatic rings. The maximum atomic E-state index is 12.9. The summed E-state index contributed by atoms with van der Waals surface area (Å²) >= 11 is 6.01. The summed E-state index contributed by atoms with van der Waals surface area (Å²) in [6.45, 7) is 9.17. The second-order valence-corrected chi connectivity index (χ2v) is 6.33. The van der Waals surface area contributed by atoms with Gasteiger partial charge in [0.25, 0.3) is 5.91 Å². The van der Waals surface area contributed by atoms with Crippen LogP contribution in [0.3, 0.4) is 0 Å². The Morgan fingerprint density at radius 2 is 2.16 bits per heavy atom. The Bertz CT molecular complexity index is 826. The van der Waals surface area contributed by atoms with Gasteiger partial charge in [0.2, 0.25) is 0 Å². The first-order valence-corrected chi connectivity index (χ1v) is 8.18. The molecule has 1 aromatic carbocycles. The van der Waals surface area contributed by atoms with Gasteiger partial charge < -0.3 is 19.6 Å². The van der Waals surface area contributed by atoms with Gasteiger partial charge in [-0.2, -0.15) is 0 Å². The molecule has 130 valence electrons. The van der Waals surface area contributed by atoms with Crippen molar-refractivity contribution in [3.63, 3.8) is 0 Å². The predicted molar refractivity (Wildman–Crippen MR) is 96.6 cm³/mol. The number of allylic oxidation sites excluding steroid dienone is 2. The van der Waals surface area contributed by atoms with Gasteiger partial charge in [-0.3, -0.25) is 4.79 Å². The molecule has 0 saturated carbocycles. The van der Waals surface area contributed by atoms with Crippen LogP contribution in [0.4, 0.5) is 0 Å². The molecule has 0 unspecified atom stereocenters. The van der Waals surface area contributed by atoms with Gasteiger partial charge in [-0.25, -0.2) is 0 Å². The Kier molecular flexibility index (Phi) is 4.59. The predicted octanol–water partition coefficient (Wildman–Crippen LogP) is 3.37. The molecule has 0 bridgehead atoms. The first kappa shape index (κ1) is 17.2. The zero-order chi connectivity index (χ0) is 18.1. The molecule has 3 rings (SSSR count). The topological polar surface area (TPSA) is 53.0 Å². The average molecular weight is 359 g/mol. The van der Waals surface area contributed by atoms with E-state index in [1.54, 1.807) is 22.1 Å². The first-order chi connectivity index (χ1) is 11.9. The van der Waals surface area contributed by atoms with Crippen molar-refractivity contribution in [1.82, 2.24) is 9.80 Å². The van der Waals surface area contributed by atoms with E-state index in [-0.39, 0.29) is 17.4 Å². The Hall–Kier alpha value is -2.66. The normalized spacial score (nSPS) is 17.4. The molecule has 0 spiro atoms. The number of halogens is 1. The van der Waals surface area contributed by atoms with Crippen molar-refractivity contribution in [3.05, 3.63) is 82.6 Å². The number of hydrogen-bond donors (Lipinski definition) is 1. The van der Waals surface area contributed by atoms with Crippen molar-refractivity contribution >= 4 is 17.5 Å². The molecule has 0 atom stereocenters.